The highest BCUT2D eigenvalue weighted by Crippen LogP contribution is 1.98. The molecule has 0 rings (SSSR count). The van der Waals surface area contributed by atoms with Crippen molar-refractivity contribution in [3.8, 4) is 0 Å². The Kier molecular flexibility index (Phi) is 12.8. The molecule has 0 bridgehead atoms. The maximum Gasteiger partial charge on any atom is 0.221 e. The molecule has 6 nitrogen and oxygen atoms in total. The molecule has 6 heteroatoms. The highest BCUT2D eigenvalue weighted by atomic mass is 16.1. The van der Waals surface area contributed by atoms with Crippen LogP contribution in [0.2, 0.25) is 0 Å². The molecule has 0 saturated heterocycles. The van der Waals surface area contributed by atoms with Gasteiger partial charge in [0.2, 0.25) is 5.91 Å². The molecule has 0 saturated carbocycles. The number of carbonyl (C=O) groups excluding carboxylic acids is 1. The second-order valence-corrected chi connectivity index (χ2v) is 5.12. The molecule has 0 spiro atoms. The van der Waals surface area contributed by atoms with Gasteiger partial charge in [-0.2, -0.15) is 0 Å². The van der Waals surface area contributed by atoms with Crippen LogP contribution in [0.15, 0.2) is 0 Å². The van der Waals surface area contributed by atoms with Gasteiger partial charge >= 0.3 is 0 Å². The zero-order valence-corrected chi connectivity index (χ0v) is 13.5. The van der Waals surface area contributed by atoms with Gasteiger partial charge in [0, 0.05) is 25.0 Å². The van der Waals surface area contributed by atoms with Crippen molar-refractivity contribution in [1.82, 2.24) is 26.6 Å². The highest BCUT2D eigenvalue weighted by Gasteiger charge is 2.13. The van der Waals surface area contributed by atoms with Gasteiger partial charge < -0.3 is 26.6 Å². The molecular formula is C14H33N5O. The first-order valence-corrected chi connectivity index (χ1v) is 7.58. The minimum Gasteiger partial charge on any atom is -0.354 e. The van der Waals surface area contributed by atoms with Crippen LogP contribution in [0.4, 0.5) is 0 Å². The molecule has 5 N–H and O–H groups in total. The predicted octanol–water partition coefficient (Wildman–Crippen LogP) is -0.722. The van der Waals surface area contributed by atoms with Gasteiger partial charge in [0.15, 0.2) is 0 Å². The van der Waals surface area contributed by atoms with E-state index in [2.05, 4.69) is 26.6 Å². The second kappa shape index (κ2) is 13.3. The van der Waals surface area contributed by atoms with Crippen LogP contribution in [-0.4, -0.2) is 65.8 Å². The number of carbonyl (C=O) groups is 1. The van der Waals surface area contributed by atoms with Gasteiger partial charge in [0.05, 0.1) is 0 Å². The summed E-state index contributed by atoms with van der Waals surface area (Å²) < 4.78 is 0. The van der Waals surface area contributed by atoms with Crippen LogP contribution < -0.4 is 26.6 Å². The van der Waals surface area contributed by atoms with E-state index in [4.69, 9.17) is 0 Å². The smallest absolute Gasteiger partial charge is 0.221 e. The Morgan fingerprint density at radius 3 is 2.10 bits per heavy atom. The normalized spacial score (nSPS) is 14.0. The largest absolute Gasteiger partial charge is 0.354 e. The molecule has 0 aromatic carbocycles. The van der Waals surface area contributed by atoms with E-state index in [1.165, 1.54) is 0 Å². The molecule has 0 radical (unpaired) electrons. The lowest BCUT2D eigenvalue weighted by molar-refractivity contribution is -0.121. The van der Waals surface area contributed by atoms with E-state index in [0.717, 1.165) is 32.4 Å². The minimum atomic E-state index is 0.120. The monoisotopic (exact) mass is 287 g/mol. The maximum absolute atomic E-state index is 11.9. The summed E-state index contributed by atoms with van der Waals surface area (Å²) in [5, 5.41) is 15.7. The molecule has 0 aromatic heterocycles. The Morgan fingerprint density at radius 1 is 0.900 bits per heavy atom. The van der Waals surface area contributed by atoms with Crippen molar-refractivity contribution >= 4 is 5.91 Å². The van der Waals surface area contributed by atoms with Crippen molar-refractivity contribution in [3.63, 3.8) is 0 Å². The van der Waals surface area contributed by atoms with Crippen molar-refractivity contribution < 1.29 is 4.79 Å². The molecule has 0 aliphatic heterocycles. The molecule has 1 unspecified atom stereocenters. The van der Waals surface area contributed by atoms with Crippen LogP contribution in [0.25, 0.3) is 0 Å². The Bertz CT molecular complexity index is 238. The number of amides is 1. The molecule has 0 fully saturated rings. The fraction of sp³-hybridized carbons (Fsp3) is 0.929. The lowest BCUT2D eigenvalue weighted by Crippen LogP contribution is -2.42. The average molecular weight is 287 g/mol. The van der Waals surface area contributed by atoms with Gasteiger partial charge in [0.1, 0.15) is 0 Å². The van der Waals surface area contributed by atoms with Crippen molar-refractivity contribution in [2.45, 2.75) is 37.8 Å². The number of likely N-dealkylation sites (N-methyl/N-ethyl adjacent to an activating group) is 1. The Labute approximate surface area is 123 Å². The van der Waals surface area contributed by atoms with E-state index in [0.29, 0.717) is 19.0 Å². The standard InChI is InChI=1S/C14H33N5O/c1-15-8-5-6-13(18-4)11-19-14(20)10-12(17-3)7-9-16-2/h12-13,15-18H,5-11H2,1-4H3,(H,19,20)/t12?,13-/m0/s1. The lowest BCUT2D eigenvalue weighted by Gasteiger charge is -2.19. The van der Waals surface area contributed by atoms with Gasteiger partial charge in [-0.05, 0) is 60.5 Å². The summed E-state index contributed by atoms with van der Waals surface area (Å²) in [6.07, 6.45) is 3.66. The van der Waals surface area contributed by atoms with Crippen LogP contribution in [0, 0.1) is 0 Å². The minimum absolute atomic E-state index is 0.120. The molecule has 0 aliphatic rings. The van der Waals surface area contributed by atoms with E-state index in [-0.39, 0.29) is 11.9 Å². The molecule has 0 aromatic rings. The maximum atomic E-state index is 11.9. The fourth-order valence-corrected chi connectivity index (χ4v) is 2.07. The first kappa shape index (κ1) is 19.3. The third-order valence-corrected chi connectivity index (χ3v) is 3.52. The summed E-state index contributed by atoms with van der Waals surface area (Å²) in [4.78, 5) is 11.9. The zero-order chi connectivity index (χ0) is 15.2. The quantitative estimate of drug-likeness (QED) is 0.289. The summed E-state index contributed by atoms with van der Waals surface area (Å²) >= 11 is 0. The van der Waals surface area contributed by atoms with Gasteiger partial charge in [-0.3, -0.25) is 4.79 Å². The summed E-state index contributed by atoms with van der Waals surface area (Å²) in [5.41, 5.74) is 0. The van der Waals surface area contributed by atoms with E-state index in [9.17, 15) is 4.79 Å². The van der Waals surface area contributed by atoms with Gasteiger partial charge in [-0.15, -0.1) is 0 Å². The van der Waals surface area contributed by atoms with Crippen LogP contribution >= 0.6 is 0 Å². The van der Waals surface area contributed by atoms with Crippen molar-refractivity contribution in [1.29, 1.82) is 0 Å². The van der Waals surface area contributed by atoms with Crippen molar-refractivity contribution in [2.75, 3.05) is 47.8 Å². The molecule has 20 heavy (non-hydrogen) atoms. The molecular weight excluding hydrogens is 254 g/mol. The average Bonchev–Trinajstić information content (AvgIpc) is 2.47. The molecule has 0 aliphatic carbocycles. The lowest BCUT2D eigenvalue weighted by atomic mass is 10.1. The number of nitrogens with one attached hydrogen (secondary N) is 5. The summed E-state index contributed by atoms with van der Waals surface area (Å²) in [6.45, 7) is 2.63. The van der Waals surface area contributed by atoms with Gasteiger partial charge in [0.25, 0.3) is 0 Å². The Morgan fingerprint density at radius 2 is 1.55 bits per heavy atom. The van der Waals surface area contributed by atoms with E-state index < -0.39 is 0 Å². The van der Waals surface area contributed by atoms with Gasteiger partial charge in [-0.25, -0.2) is 0 Å². The topological polar surface area (TPSA) is 77.2 Å². The molecule has 120 valence electrons. The molecule has 2 atom stereocenters. The Hall–Kier alpha value is -0.690. The third kappa shape index (κ3) is 10.1. The van der Waals surface area contributed by atoms with Crippen molar-refractivity contribution in [3.05, 3.63) is 0 Å². The summed E-state index contributed by atoms with van der Waals surface area (Å²) in [5.74, 6) is 0.120. The van der Waals surface area contributed by atoms with Crippen molar-refractivity contribution in [2.24, 2.45) is 0 Å². The molecule has 0 heterocycles. The first-order valence-electron chi connectivity index (χ1n) is 7.58. The second-order valence-electron chi connectivity index (χ2n) is 5.12. The summed E-state index contributed by atoms with van der Waals surface area (Å²) in [7, 11) is 7.73. The van der Waals surface area contributed by atoms with Crippen LogP contribution in [-0.2, 0) is 4.79 Å². The van der Waals surface area contributed by atoms with E-state index >= 15 is 0 Å². The summed E-state index contributed by atoms with van der Waals surface area (Å²) in [6, 6.07) is 0.581. The Balaban J connectivity index is 3.87. The van der Waals surface area contributed by atoms with Crippen LogP contribution in [0.5, 0.6) is 0 Å². The SMILES string of the molecule is CNCCC[C@@H](CNC(=O)CC(CCNC)NC)NC. The first-order chi connectivity index (χ1) is 9.67. The number of hydrogen-bond acceptors (Lipinski definition) is 5. The van der Waals surface area contributed by atoms with E-state index in [1.54, 1.807) is 0 Å². The van der Waals surface area contributed by atoms with Gasteiger partial charge in [-0.1, -0.05) is 0 Å². The third-order valence-electron chi connectivity index (χ3n) is 3.52. The highest BCUT2D eigenvalue weighted by molar-refractivity contribution is 5.76. The molecule has 1 amide bonds. The van der Waals surface area contributed by atoms with Crippen LogP contribution in [0.3, 0.4) is 0 Å². The predicted molar refractivity (Wildman–Crippen MR) is 85.0 cm³/mol. The van der Waals surface area contributed by atoms with Crippen LogP contribution in [0.1, 0.15) is 25.7 Å². The number of hydrogen-bond donors (Lipinski definition) is 5. The fourth-order valence-electron chi connectivity index (χ4n) is 2.07. The zero-order valence-electron chi connectivity index (χ0n) is 13.5. The van der Waals surface area contributed by atoms with E-state index in [1.807, 2.05) is 28.2 Å². The number of rotatable bonds is 13.